The molecule has 5 heteroatoms. The number of aryl methyl sites for hydroxylation is 2. The van der Waals surface area contributed by atoms with E-state index in [0.717, 1.165) is 11.1 Å². The van der Waals surface area contributed by atoms with Gasteiger partial charge in [-0.05, 0) is 38.9 Å². The SMILES string of the molecule is CCCN(CCC(=O)c1cc(C)cc(C)c1)CC(F)(F)F. The van der Waals surface area contributed by atoms with Gasteiger partial charge in [-0.25, -0.2) is 0 Å². The topological polar surface area (TPSA) is 20.3 Å². The lowest BCUT2D eigenvalue weighted by atomic mass is 10.0. The standard InChI is InChI=1S/C16H22F3NO/c1-4-6-20(11-16(17,18)19)7-5-15(21)14-9-12(2)8-13(3)10-14/h8-10H,4-7,11H2,1-3H3. The van der Waals surface area contributed by atoms with Gasteiger partial charge in [0.05, 0.1) is 6.54 Å². The van der Waals surface area contributed by atoms with E-state index < -0.39 is 12.7 Å². The molecule has 2 nitrogen and oxygen atoms in total. The highest BCUT2D eigenvalue weighted by molar-refractivity contribution is 5.96. The molecule has 0 N–H and O–H groups in total. The van der Waals surface area contributed by atoms with Crippen LogP contribution in [0.25, 0.3) is 0 Å². The number of carbonyl (C=O) groups is 1. The number of hydrogen-bond acceptors (Lipinski definition) is 2. The Labute approximate surface area is 123 Å². The molecule has 0 heterocycles. The predicted molar refractivity (Wildman–Crippen MR) is 77.6 cm³/mol. The number of nitrogens with zero attached hydrogens (tertiary/aromatic N) is 1. The number of benzene rings is 1. The molecule has 21 heavy (non-hydrogen) atoms. The van der Waals surface area contributed by atoms with Crippen molar-refractivity contribution in [1.29, 1.82) is 0 Å². The van der Waals surface area contributed by atoms with Crippen molar-refractivity contribution in [3.05, 3.63) is 34.9 Å². The van der Waals surface area contributed by atoms with Gasteiger partial charge in [0, 0.05) is 18.5 Å². The Kier molecular flexibility index (Phi) is 6.40. The van der Waals surface area contributed by atoms with Gasteiger partial charge >= 0.3 is 6.18 Å². The summed E-state index contributed by atoms with van der Waals surface area (Å²) in [5, 5.41) is 0. The first-order chi connectivity index (χ1) is 9.71. The number of alkyl halides is 3. The zero-order chi connectivity index (χ0) is 16.0. The quantitative estimate of drug-likeness (QED) is 0.705. The fourth-order valence-corrected chi connectivity index (χ4v) is 2.38. The zero-order valence-electron chi connectivity index (χ0n) is 12.8. The average Bonchev–Trinajstić information content (AvgIpc) is 2.33. The van der Waals surface area contributed by atoms with E-state index in [1.54, 1.807) is 12.1 Å². The Morgan fingerprint density at radius 1 is 1.10 bits per heavy atom. The molecule has 0 spiro atoms. The first-order valence-electron chi connectivity index (χ1n) is 7.12. The van der Waals surface area contributed by atoms with Gasteiger partial charge in [0.1, 0.15) is 0 Å². The second kappa shape index (κ2) is 7.59. The first kappa shape index (κ1) is 17.7. The van der Waals surface area contributed by atoms with E-state index in [1.165, 1.54) is 4.90 Å². The van der Waals surface area contributed by atoms with E-state index in [9.17, 15) is 18.0 Å². The van der Waals surface area contributed by atoms with Gasteiger partial charge in [0.25, 0.3) is 0 Å². The third-order valence-corrected chi connectivity index (χ3v) is 3.14. The van der Waals surface area contributed by atoms with Gasteiger partial charge in [0.15, 0.2) is 5.78 Å². The van der Waals surface area contributed by atoms with E-state index in [2.05, 4.69) is 0 Å². The highest BCUT2D eigenvalue weighted by atomic mass is 19.4. The Morgan fingerprint density at radius 3 is 2.14 bits per heavy atom. The maximum absolute atomic E-state index is 12.5. The lowest BCUT2D eigenvalue weighted by Crippen LogP contribution is -2.36. The summed E-state index contributed by atoms with van der Waals surface area (Å²) in [5.41, 5.74) is 2.55. The fraction of sp³-hybridized carbons (Fsp3) is 0.562. The number of ketones is 1. The lowest BCUT2D eigenvalue weighted by molar-refractivity contribution is -0.145. The van der Waals surface area contributed by atoms with Crippen LogP contribution in [0.4, 0.5) is 13.2 Å². The molecule has 0 saturated heterocycles. The van der Waals surface area contributed by atoms with Crippen molar-refractivity contribution in [3.8, 4) is 0 Å². The maximum Gasteiger partial charge on any atom is 0.401 e. The van der Waals surface area contributed by atoms with Crippen LogP contribution in [0.2, 0.25) is 0 Å². The highest BCUT2D eigenvalue weighted by Gasteiger charge is 2.30. The third-order valence-electron chi connectivity index (χ3n) is 3.14. The molecular formula is C16H22F3NO. The monoisotopic (exact) mass is 301 g/mol. The number of rotatable bonds is 7. The van der Waals surface area contributed by atoms with Gasteiger partial charge in [0.2, 0.25) is 0 Å². The Bertz CT molecular complexity index is 463. The molecule has 1 aromatic rings. The minimum atomic E-state index is -4.22. The van der Waals surface area contributed by atoms with Crippen molar-refractivity contribution in [2.24, 2.45) is 0 Å². The van der Waals surface area contributed by atoms with Gasteiger partial charge in [-0.1, -0.05) is 24.1 Å². The van der Waals surface area contributed by atoms with Crippen LogP contribution in [0.15, 0.2) is 18.2 Å². The second-order valence-electron chi connectivity index (χ2n) is 5.44. The fourth-order valence-electron chi connectivity index (χ4n) is 2.38. The Morgan fingerprint density at radius 2 is 1.67 bits per heavy atom. The Hall–Kier alpha value is -1.36. The summed E-state index contributed by atoms with van der Waals surface area (Å²) >= 11 is 0. The van der Waals surface area contributed by atoms with Crippen LogP contribution in [0.3, 0.4) is 0 Å². The molecule has 0 radical (unpaired) electrons. The van der Waals surface area contributed by atoms with Crippen LogP contribution in [-0.4, -0.2) is 36.5 Å². The molecule has 0 unspecified atom stereocenters. The van der Waals surface area contributed by atoms with Crippen molar-refractivity contribution in [3.63, 3.8) is 0 Å². The van der Waals surface area contributed by atoms with E-state index in [1.807, 2.05) is 26.8 Å². The molecule has 0 saturated carbocycles. The summed E-state index contributed by atoms with van der Waals surface area (Å²) in [6, 6.07) is 5.52. The van der Waals surface area contributed by atoms with Crippen LogP contribution >= 0.6 is 0 Å². The smallest absolute Gasteiger partial charge is 0.295 e. The van der Waals surface area contributed by atoms with Crippen LogP contribution in [-0.2, 0) is 0 Å². The number of Topliss-reactive ketones (excluding diaryl/α,β-unsaturated/α-hetero) is 1. The van der Waals surface area contributed by atoms with Crippen molar-refractivity contribution in [2.45, 2.75) is 39.8 Å². The normalized spacial score (nSPS) is 12.0. The molecule has 0 aromatic heterocycles. The predicted octanol–water partition coefficient (Wildman–Crippen LogP) is 4.15. The van der Waals surface area contributed by atoms with Gasteiger partial charge in [-0.2, -0.15) is 13.2 Å². The van der Waals surface area contributed by atoms with Crippen LogP contribution < -0.4 is 0 Å². The summed E-state index contributed by atoms with van der Waals surface area (Å²) in [6.07, 6.45) is -3.48. The van der Waals surface area contributed by atoms with Gasteiger partial charge < -0.3 is 0 Å². The third kappa shape index (κ3) is 6.76. The summed E-state index contributed by atoms with van der Waals surface area (Å²) in [6.45, 7) is 5.16. The Balaban J connectivity index is 2.64. The van der Waals surface area contributed by atoms with E-state index in [4.69, 9.17) is 0 Å². The average molecular weight is 301 g/mol. The number of hydrogen-bond donors (Lipinski definition) is 0. The largest absolute Gasteiger partial charge is 0.401 e. The highest BCUT2D eigenvalue weighted by Crippen LogP contribution is 2.17. The molecule has 0 aliphatic heterocycles. The van der Waals surface area contributed by atoms with E-state index >= 15 is 0 Å². The molecular weight excluding hydrogens is 279 g/mol. The zero-order valence-corrected chi connectivity index (χ0v) is 12.8. The molecule has 1 rings (SSSR count). The summed E-state index contributed by atoms with van der Waals surface area (Å²) in [4.78, 5) is 13.4. The summed E-state index contributed by atoms with van der Waals surface area (Å²) in [7, 11) is 0. The molecule has 0 aliphatic rings. The first-order valence-corrected chi connectivity index (χ1v) is 7.12. The number of carbonyl (C=O) groups excluding carboxylic acids is 1. The molecule has 118 valence electrons. The van der Waals surface area contributed by atoms with Gasteiger partial charge in [-0.3, -0.25) is 9.69 Å². The molecule has 0 fully saturated rings. The molecule has 1 aromatic carbocycles. The van der Waals surface area contributed by atoms with Gasteiger partial charge in [-0.15, -0.1) is 0 Å². The van der Waals surface area contributed by atoms with Crippen molar-refractivity contribution in [2.75, 3.05) is 19.6 Å². The molecule has 0 amide bonds. The molecule has 0 bridgehead atoms. The van der Waals surface area contributed by atoms with E-state index in [-0.39, 0.29) is 18.7 Å². The van der Waals surface area contributed by atoms with Crippen molar-refractivity contribution >= 4 is 5.78 Å². The molecule has 0 atom stereocenters. The summed E-state index contributed by atoms with van der Waals surface area (Å²) in [5.74, 6) is -0.106. The summed E-state index contributed by atoms with van der Waals surface area (Å²) < 4.78 is 37.4. The number of halogens is 3. The van der Waals surface area contributed by atoms with E-state index in [0.29, 0.717) is 18.5 Å². The second-order valence-corrected chi connectivity index (χ2v) is 5.44. The molecule has 0 aliphatic carbocycles. The lowest BCUT2D eigenvalue weighted by Gasteiger charge is -2.22. The minimum absolute atomic E-state index is 0.106. The van der Waals surface area contributed by atoms with Crippen LogP contribution in [0.1, 0.15) is 41.3 Å². The van der Waals surface area contributed by atoms with Crippen LogP contribution in [0.5, 0.6) is 0 Å². The van der Waals surface area contributed by atoms with Crippen molar-refractivity contribution < 1.29 is 18.0 Å². The minimum Gasteiger partial charge on any atom is -0.295 e. The maximum atomic E-state index is 12.5. The van der Waals surface area contributed by atoms with Crippen LogP contribution in [0, 0.1) is 13.8 Å². The van der Waals surface area contributed by atoms with Crippen molar-refractivity contribution in [1.82, 2.24) is 4.90 Å².